The predicted octanol–water partition coefficient (Wildman–Crippen LogP) is 2.14. The summed E-state index contributed by atoms with van der Waals surface area (Å²) in [7, 11) is 0. The van der Waals surface area contributed by atoms with Crippen molar-refractivity contribution in [3.63, 3.8) is 0 Å². The number of carboxylic acids is 1. The van der Waals surface area contributed by atoms with Crippen molar-refractivity contribution in [2.45, 2.75) is 26.7 Å². The van der Waals surface area contributed by atoms with Crippen molar-refractivity contribution in [2.75, 3.05) is 0 Å². The van der Waals surface area contributed by atoms with Crippen LogP contribution in [0.25, 0.3) is 5.82 Å². The molecule has 0 spiro atoms. The molecule has 0 amide bonds. The van der Waals surface area contributed by atoms with Crippen LogP contribution in [0.4, 0.5) is 0 Å². The van der Waals surface area contributed by atoms with E-state index in [9.17, 15) is 9.90 Å². The lowest BCUT2D eigenvalue weighted by Gasteiger charge is -2.04. The van der Waals surface area contributed by atoms with Gasteiger partial charge in [0.1, 0.15) is 5.56 Å². The Kier molecular flexibility index (Phi) is 3.80. The molecule has 2 aromatic rings. The average Bonchev–Trinajstić information content (AvgIpc) is 2.78. The third kappa shape index (κ3) is 2.44. The number of aromatic carboxylic acids is 1. The molecule has 19 heavy (non-hydrogen) atoms. The van der Waals surface area contributed by atoms with Crippen LogP contribution < -0.4 is 0 Å². The smallest absolute Gasteiger partial charge is 0.339 e. The number of aryl methyl sites for hydroxylation is 1. The highest BCUT2D eigenvalue weighted by Crippen LogP contribution is 2.19. The number of carbonyl (C=O) groups is 1. The van der Waals surface area contributed by atoms with Gasteiger partial charge in [-0.15, -0.1) is 10.2 Å². The second-order valence-electron chi connectivity index (χ2n) is 3.91. The Labute approximate surface area is 115 Å². The molecule has 0 saturated carbocycles. The zero-order valence-electron chi connectivity index (χ0n) is 10.6. The minimum atomic E-state index is -0.970. The van der Waals surface area contributed by atoms with E-state index in [0.717, 1.165) is 0 Å². The van der Waals surface area contributed by atoms with E-state index in [1.165, 1.54) is 4.68 Å². The number of aromatic nitrogens is 4. The quantitative estimate of drug-likeness (QED) is 0.928. The first-order chi connectivity index (χ1) is 9.08. The van der Waals surface area contributed by atoms with E-state index in [4.69, 9.17) is 11.6 Å². The number of halogens is 1. The third-order valence-corrected chi connectivity index (χ3v) is 2.97. The normalized spacial score (nSPS) is 10.7. The summed E-state index contributed by atoms with van der Waals surface area (Å²) in [6.45, 7) is 3.74. The Bertz CT molecular complexity index is 607. The highest BCUT2D eigenvalue weighted by molar-refractivity contribution is 6.29. The minimum Gasteiger partial charge on any atom is -0.478 e. The van der Waals surface area contributed by atoms with Gasteiger partial charge < -0.3 is 5.11 Å². The molecule has 6 nitrogen and oxygen atoms in total. The van der Waals surface area contributed by atoms with Crippen LogP contribution in [0.15, 0.2) is 12.1 Å². The Morgan fingerprint density at radius 1 is 1.32 bits per heavy atom. The maximum atomic E-state index is 11.3. The topological polar surface area (TPSA) is 80.9 Å². The van der Waals surface area contributed by atoms with Gasteiger partial charge in [-0.3, -0.25) is 0 Å². The summed E-state index contributed by atoms with van der Waals surface area (Å²) in [6.07, 6.45) is 1.08. The molecule has 1 N–H and O–H groups in total. The molecule has 0 aliphatic heterocycles. The van der Waals surface area contributed by atoms with Crippen LogP contribution in [0.2, 0.25) is 5.15 Å². The Hall–Kier alpha value is -1.95. The van der Waals surface area contributed by atoms with E-state index in [2.05, 4.69) is 15.3 Å². The maximum absolute atomic E-state index is 11.3. The molecule has 100 valence electrons. The van der Waals surface area contributed by atoms with Crippen LogP contribution in [0.1, 0.15) is 35.6 Å². The number of hydrogen-bond donors (Lipinski definition) is 1. The van der Waals surface area contributed by atoms with Gasteiger partial charge in [-0.25, -0.2) is 9.48 Å². The van der Waals surface area contributed by atoms with E-state index in [-0.39, 0.29) is 10.7 Å². The highest BCUT2D eigenvalue weighted by atomic mass is 35.5. The summed E-state index contributed by atoms with van der Waals surface area (Å²) in [6, 6.07) is 3.25. The molecule has 7 heteroatoms. The highest BCUT2D eigenvalue weighted by Gasteiger charge is 2.22. The van der Waals surface area contributed by atoms with E-state index >= 15 is 0 Å². The molecule has 2 heterocycles. The molecule has 2 rings (SSSR count). The molecule has 0 unspecified atom stereocenters. The van der Waals surface area contributed by atoms with Gasteiger partial charge in [0.15, 0.2) is 11.0 Å². The SMILES string of the molecule is CCc1nn(-c2ccc(Cl)nn2)c(CC)c1C(=O)O. The van der Waals surface area contributed by atoms with Gasteiger partial charge in [-0.2, -0.15) is 5.10 Å². The van der Waals surface area contributed by atoms with E-state index in [0.29, 0.717) is 30.0 Å². The van der Waals surface area contributed by atoms with Crippen LogP contribution in [0.5, 0.6) is 0 Å². The maximum Gasteiger partial charge on any atom is 0.339 e. The zero-order valence-corrected chi connectivity index (χ0v) is 11.3. The lowest BCUT2D eigenvalue weighted by Crippen LogP contribution is -2.07. The van der Waals surface area contributed by atoms with Crippen molar-refractivity contribution >= 4 is 17.6 Å². The van der Waals surface area contributed by atoms with Crippen LogP contribution in [-0.4, -0.2) is 31.1 Å². The summed E-state index contributed by atoms with van der Waals surface area (Å²) >= 11 is 5.69. The molecule has 0 aliphatic carbocycles. The molecule has 0 saturated heterocycles. The average molecular weight is 281 g/mol. The molecule has 2 aromatic heterocycles. The largest absolute Gasteiger partial charge is 0.478 e. The molecule has 0 bridgehead atoms. The van der Waals surface area contributed by atoms with E-state index < -0.39 is 5.97 Å². The first-order valence-electron chi connectivity index (χ1n) is 5.92. The second-order valence-corrected chi connectivity index (χ2v) is 4.29. The van der Waals surface area contributed by atoms with Crippen LogP contribution in [0.3, 0.4) is 0 Å². The monoisotopic (exact) mass is 280 g/mol. The molecule has 0 aromatic carbocycles. The predicted molar refractivity (Wildman–Crippen MR) is 69.9 cm³/mol. The number of hydrogen-bond acceptors (Lipinski definition) is 4. The van der Waals surface area contributed by atoms with Gasteiger partial charge in [0.05, 0.1) is 11.4 Å². The summed E-state index contributed by atoms with van der Waals surface area (Å²) in [4.78, 5) is 11.3. The number of rotatable bonds is 4. The molecule has 0 aliphatic rings. The second kappa shape index (κ2) is 5.36. The molecule has 0 atom stereocenters. The van der Waals surface area contributed by atoms with Crippen LogP contribution >= 0.6 is 11.6 Å². The fourth-order valence-electron chi connectivity index (χ4n) is 1.94. The van der Waals surface area contributed by atoms with Gasteiger partial charge in [0.2, 0.25) is 0 Å². The van der Waals surface area contributed by atoms with Crippen LogP contribution in [0, 0.1) is 0 Å². The molecular weight excluding hydrogens is 268 g/mol. The lowest BCUT2D eigenvalue weighted by molar-refractivity contribution is 0.0694. The minimum absolute atomic E-state index is 0.252. The van der Waals surface area contributed by atoms with Gasteiger partial charge in [0, 0.05) is 0 Å². The van der Waals surface area contributed by atoms with Crippen molar-refractivity contribution in [2.24, 2.45) is 0 Å². The van der Waals surface area contributed by atoms with E-state index in [1.54, 1.807) is 12.1 Å². The van der Waals surface area contributed by atoms with Crippen molar-refractivity contribution in [3.05, 3.63) is 34.2 Å². The van der Waals surface area contributed by atoms with Crippen LogP contribution in [-0.2, 0) is 12.8 Å². The summed E-state index contributed by atoms with van der Waals surface area (Å²) in [5.74, 6) is -0.509. The number of nitrogens with zero attached hydrogens (tertiary/aromatic N) is 4. The number of carboxylic acid groups (broad SMARTS) is 1. The van der Waals surface area contributed by atoms with Crippen molar-refractivity contribution < 1.29 is 9.90 Å². The standard InChI is InChI=1S/C12H13ClN4O2/c1-3-7-11(12(18)19)8(4-2)17(16-7)10-6-5-9(13)14-15-10/h5-6H,3-4H2,1-2H3,(H,18,19). The summed E-state index contributed by atoms with van der Waals surface area (Å²) in [5.41, 5.74) is 1.41. The molecule has 0 radical (unpaired) electrons. The lowest BCUT2D eigenvalue weighted by atomic mass is 10.1. The van der Waals surface area contributed by atoms with Gasteiger partial charge in [-0.1, -0.05) is 25.4 Å². The Balaban J connectivity index is 2.63. The molecule has 0 fully saturated rings. The fourth-order valence-corrected chi connectivity index (χ4v) is 2.04. The van der Waals surface area contributed by atoms with Gasteiger partial charge in [-0.05, 0) is 25.0 Å². The summed E-state index contributed by atoms with van der Waals surface area (Å²) in [5, 5.41) is 21.6. The third-order valence-electron chi connectivity index (χ3n) is 2.77. The Morgan fingerprint density at radius 3 is 2.53 bits per heavy atom. The van der Waals surface area contributed by atoms with Gasteiger partial charge in [0.25, 0.3) is 0 Å². The zero-order chi connectivity index (χ0) is 14.0. The van der Waals surface area contributed by atoms with Crippen molar-refractivity contribution in [3.8, 4) is 5.82 Å². The van der Waals surface area contributed by atoms with Crippen molar-refractivity contribution in [1.82, 2.24) is 20.0 Å². The van der Waals surface area contributed by atoms with E-state index in [1.807, 2.05) is 13.8 Å². The summed E-state index contributed by atoms with van der Waals surface area (Å²) < 4.78 is 1.52. The fraction of sp³-hybridized carbons (Fsp3) is 0.333. The van der Waals surface area contributed by atoms with Crippen molar-refractivity contribution in [1.29, 1.82) is 0 Å². The first kappa shape index (κ1) is 13.5. The molecular formula is C12H13ClN4O2. The Morgan fingerprint density at radius 2 is 2.05 bits per heavy atom. The first-order valence-corrected chi connectivity index (χ1v) is 6.29. The van der Waals surface area contributed by atoms with Gasteiger partial charge >= 0.3 is 5.97 Å².